The van der Waals surface area contributed by atoms with E-state index in [-0.39, 0.29) is 5.75 Å². The molecule has 2 N–H and O–H groups in total. The lowest BCUT2D eigenvalue weighted by Crippen LogP contribution is -2.22. The first-order valence-corrected chi connectivity index (χ1v) is 5.03. The summed E-state index contributed by atoms with van der Waals surface area (Å²) in [5, 5.41) is 18.1. The summed E-state index contributed by atoms with van der Waals surface area (Å²) >= 11 is 0. The zero-order valence-electron chi connectivity index (χ0n) is 8.56. The van der Waals surface area contributed by atoms with E-state index in [1.807, 2.05) is 0 Å². The summed E-state index contributed by atoms with van der Waals surface area (Å²) in [6.07, 6.45) is 0.548. The normalized spacial score (nSPS) is 20.1. The number of phenols is 1. The first-order valence-electron chi connectivity index (χ1n) is 5.03. The minimum atomic E-state index is -0.830. The van der Waals surface area contributed by atoms with Crippen LogP contribution in [0, 0.1) is 11.7 Å². The maximum Gasteiger partial charge on any atom is 0.308 e. The van der Waals surface area contributed by atoms with Gasteiger partial charge in [0.05, 0.1) is 5.92 Å². The first kappa shape index (κ1) is 10.7. The highest BCUT2D eigenvalue weighted by Crippen LogP contribution is 2.27. The molecule has 1 saturated heterocycles. The van der Waals surface area contributed by atoms with Crippen LogP contribution in [-0.4, -0.2) is 29.3 Å². The van der Waals surface area contributed by atoms with Crippen LogP contribution >= 0.6 is 0 Å². The van der Waals surface area contributed by atoms with Gasteiger partial charge in [-0.1, -0.05) is 0 Å². The highest BCUT2D eigenvalue weighted by atomic mass is 19.1. The van der Waals surface area contributed by atoms with Crippen molar-refractivity contribution < 1.29 is 19.4 Å². The number of carboxylic acid groups (broad SMARTS) is 1. The van der Waals surface area contributed by atoms with Crippen LogP contribution in [0.15, 0.2) is 18.2 Å². The van der Waals surface area contributed by atoms with E-state index in [0.29, 0.717) is 25.2 Å². The van der Waals surface area contributed by atoms with Gasteiger partial charge in [-0.25, -0.2) is 4.39 Å². The number of nitrogens with zero attached hydrogens (tertiary/aromatic N) is 1. The third kappa shape index (κ3) is 2.08. The predicted molar refractivity (Wildman–Crippen MR) is 56.0 cm³/mol. The Morgan fingerprint density at radius 2 is 2.19 bits per heavy atom. The summed E-state index contributed by atoms with van der Waals surface area (Å²) in [7, 11) is 0. The smallest absolute Gasteiger partial charge is 0.308 e. The second kappa shape index (κ2) is 4.00. The van der Waals surface area contributed by atoms with Gasteiger partial charge in [-0.2, -0.15) is 0 Å². The average molecular weight is 225 g/mol. The van der Waals surface area contributed by atoms with E-state index in [2.05, 4.69) is 0 Å². The van der Waals surface area contributed by atoms with E-state index in [9.17, 15) is 14.3 Å². The lowest BCUT2D eigenvalue weighted by atomic mass is 10.1. The third-order valence-corrected chi connectivity index (χ3v) is 2.77. The Bertz CT molecular complexity index is 401. The number of aromatic hydroxyl groups is 1. The quantitative estimate of drug-likeness (QED) is 0.799. The van der Waals surface area contributed by atoms with Gasteiger partial charge in [-0.3, -0.25) is 4.79 Å². The van der Waals surface area contributed by atoms with Gasteiger partial charge < -0.3 is 15.1 Å². The molecule has 0 bridgehead atoms. The molecule has 1 unspecified atom stereocenters. The van der Waals surface area contributed by atoms with E-state index >= 15 is 0 Å². The molecule has 1 heterocycles. The minimum absolute atomic E-state index is 0.145. The topological polar surface area (TPSA) is 60.8 Å². The molecule has 0 amide bonds. The van der Waals surface area contributed by atoms with Crippen molar-refractivity contribution in [1.82, 2.24) is 0 Å². The van der Waals surface area contributed by atoms with E-state index in [0.717, 1.165) is 6.07 Å². The van der Waals surface area contributed by atoms with Gasteiger partial charge in [0.15, 0.2) is 0 Å². The molecule has 0 radical (unpaired) electrons. The molecule has 4 nitrogen and oxygen atoms in total. The summed E-state index contributed by atoms with van der Waals surface area (Å²) in [5.41, 5.74) is 0.529. The number of phenolic OH excluding ortho intramolecular Hbond substituents is 1. The largest absolute Gasteiger partial charge is 0.508 e. The zero-order chi connectivity index (χ0) is 11.7. The van der Waals surface area contributed by atoms with Crippen molar-refractivity contribution in [2.75, 3.05) is 18.0 Å². The van der Waals surface area contributed by atoms with Gasteiger partial charge in [-0.05, 0) is 12.5 Å². The molecule has 2 rings (SSSR count). The first-order chi connectivity index (χ1) is 7.56. The maximum atomic E-state index is 13.0. The third-order valence-electron chi connectivity index (χ3n) is 2.77. The number of aliphatic carboxylic acids is 1. The van der Waals surface area contributed by atoms with E-state index < -0.39 is 17.7 Å². The Hall–Kier alpha value is -1.78. The summed E-state index contributed by atoms with van der Waals surface area (Å²) in [5.74, 6) is -1.91. The number of halogens is 1. The summed E-state index contributed by atoms with van der Waals surface area (Å²) in [6.45, 7) is 0.929. The number of rotatable bonds is 2. The van der Waals surface area contributed by atoms with Crippen LogP contribution in [0.4, 0.5) is 10.1 Å². The van der Waals surface area contributed by atoms with E-state index in [1.165, 1.54) is 12.1 Å². The van der Waals surface area contributed by atoms with Crippen LogP contribution in [0.3, 0.4) is 0 Å². The van der Waals surface area contributed by atoms with Gasteiger partial charge in [0.1, 0.15) is 11.6 Å². The highest BCUT2D eigenvalue weighted by Gasteiger charge is 2.28. The molecular formula is C11H12FNO3. The second-order valence-electron chi connectivity index (χ2n) is 3.94. The molecule has 0 aromatic heterocycles. The molecular weight excluding hydrogens is 213 g/mol. The van der Waals surface area contributed by atoms with Crippen LogP contribution in [0.2, 0.25) is 0 Å². The number of hydrogen-bond acceptors (Lipinski definition) is 3. The Kier molecular flexibility index (Phi) is 2.68. The number of anilines is 1. The summed E-state index contributed by atoms with van der Waals surface area (Å²) in [4.78, 5) is 12.5. The van der Waals surface area contributed by atoms with Crippen molar-refractivity contribution >= 4 is 11.7 Å². The maximum absolute atomic E-state index is 13.0. The van der Waals surface area contributed by atoms with Gasteiger partial charge in [0, 0.05) is 30.9 Å². The van der Waals surface area contributed by atoms with Crippen molar-refractivity contribution in [1.29, 1.82) is 0 Å². The molecule has 0 saturated carbocycles. The van der Waals surface area contributed by atoms with Crippen molar-refractivity contribution in [2.24, 2.45) is 5.92 Å². The van der Waals surface area contributed by atoms with E-state index in [1.54, 1.807) is 4.90 Å². The number of benzene rings is 1. The molecule has 1 atom stereocenters. The van der Waals surface area contributed by atoms with Gasteiger partial charge in [0.2, 0.25) is 0 Å². The fourth-order valence-electron chi connectivity index (χ4n) is 1.94. The van der Waals surface area contributed by atoms with Crippen LogP contribution < -0.4 is 4.90 Å². The standard InChI is InChI=1S/C11H12FNO3/c12-8-3-9(5-10(14)4-8)13-2-1-7(6-13)11(15)16/h3-5,7,14H,1-2,6H2,(H,15,16). The van der Waals surface area contributed by atoms with Crippen molar-refractivity contribution in [3.8, 4) is 5.75 Å². The molecule has 0 aliphatic carbocycles. The van der Waals surface area contributed by atoms with Gasteiger partial charge >= 0.3 is 5.97 Å². The second-order valence-corrected chi connectivity index (χ2v) is 3.94. The average Bonchev–Trinajstić information content (AvgIpc) is 2.64. The summed E-state index contributed by atoms with van der Waals surface area (Å²) in [6, 6.07) is 3.76. The lowest BCUT2D eigenvalue weighted by molar-refractivity contribution is -0.140. The summed E-state index contributed by atoms with van der Waals surface area (Å²) < 4.78 is 13.0. The molecule has 16 heavy (non-hydrogen) atoms. The minimum Gasteiger partial charge on any atom is -0.508 e. The van der Waals surface area contributed by atoms with Crippen LogP contribution in [0.1, 0.15) is 6.42 Å². The fourth-order valence-corrected chi connectivity index (χ4v) is 1.94. The Balaban J connectivity index is 2.17. The molecule has 1 aliphatic rings. The lowest BCUT2D eigenvalue weighted by Gasteiger charge is -2.18. The Morgan fingerprint density at radius 3 is 2.75 bits per heavy atom. The molecule has 0 spiro atoms. The van der Waals surface area contributed by atoms with Gasteiger partial charge in [0.25, 0.3) is 0 Å². The predicted octanol–water partition coefficient (Wildman–Crippen LogP) is 1.44. The molecule has 1 aromatic carbocycles. The van der Waals surface area contributed by atoms with Crippen LogP contribution in [0.25, 0.3) is 0 Å². The SMILES string of the molecule is O=C(O)C1CCN(c2cc(O)cc(F)c2)C1. The molecule has 1 aliphatic heterocycles. The highest BCUT2D eigenvalue weighted by molar-refractivity contribution is 5.72. The molecule has 1 fully saturated rings. The van der Waals surface area contributed by atoms with Crippen LogP contribution in [0.5, 0.6) is 5.75 Å². The van der Waals surface area contributed by atoms with E-state index in [4.69, 9.17) is 5.11 Å². The Morgan fingerprint density at radius 1 is 1.44 bits per heavy atom. The molecule has 1 aromatic rings. The number of carbonyl (C=O) groups is 1. The molecule has 5 heteroatoms. The Labute approximate surface area is 91.9 Å². The number of carboxylic acids is 1. The zero-order valence-corrected chi connectivity index (χ0v) is 8.56. The monoisotopic (exact) mass is 225 g/mol. The fraction of sp³-hybridized carbons (Fsp3) is 0.364. The number of hydrogen-bond donors (Lipinski definition) is 2. The van der Waals surface area contributed by atoms with Gasteiger partial charge in [-0.15, -0.1) is 0 Å². The van der Waals surface area contributed by atoms with Crippen molar-refractivity contribution in [3.05, 3.63) is 24.0 Å². The van der Waals surface area contributed by atoms with Crippen LogP contribution in [-0.2, 0) is 4.79 Å². The van der Waals surface area contributed by atoms with Crippen molar-refractivity contribution in [2.45, 2.75) is 6.42 Å². The van der Waals surface area contributed by atoms with Crippen molar-refractivity contribution in [3.63, 3.8) is 0 Å². The molecule has 86 valence electrons.